The van der Waals surface area contributed by atoms with E-state index in [1.165, 1.54) is 11.3 Å². The molecule has 0 saturated heterocycles. The van der Waals surface area contributed by atoms with E-state index in [1.54, 1.807) is 31.4 Å². The number of amides is 1. The summed E-state index contributed by atoms with van der Waals surface area (Å²) in [6.07, 6.45) is 0. The number of methoxy groups -OCH3 is 1. The number of carbonyl (C=O) groups is 1. The van der Waals surface area contributed by atoms with Gasteiger partial charge in [0.25, 0.3) is 5.91 Å². The summed E-state index contributed by atoms with van der Waals surface area (Å²) in [6.45, 7) is 1.81. The molecule has 3 N–H and O–H groups in total. The van der Waals surface area contributed by atoms with Crippen molar-refractivity contribution in [2.45, 2.75) is 13.0 Å². The van der Waals surface area contributed by atoms with Gasteiger partial charge in [-0.3, -0.25) is 10.1 Å². The lowest BCUT2D eigenvalue weighted by Gasteiger charge is -2.03. The second kappa shape index (κ2) is 5.77. The molecule has 0 fully saturated rings. The number of carbonyl (C=O) groups excluding carboxylic acids is 1. The van der Waals surface area contributed by atoms with E-state index >= 15 is 0 Å². The highest BCUT2D eigenvalue weighted by Gasteiger charge is 2.12. The van der Waals surface area contributed by atoms with Crippen LogP contribution < -0.4 is 15.8 Å². The maximum atomic E-state index is 12.0. The number of hydrogen-bond donors (Lipinski definition) is 2. The Bertz CT molecular complexity index is 583. The standard InChI is InChI=1S/C12H14N4O2S/c1-7(13)11-15-16-12(19-11)14-10(17)8-4-3-5-9(6-8)18-2/h3-7H,13H2,1-2H3,(H,14,16,17). The molecule has 0 saturated carbocycles. The van der Waals surface area contributed by atoms with E-state index in [0.717, 1.165) is 0 Å². The minimum atomic E-state index is -0.258. The Hall–Kier alpha value is -1.99. The van der Waals surface area contributed by atoms with Crippen molar-refractivity contribution in [2.75, 3.05) is 12.4 Å². The third-order valence-corrected chi connectivity index (χ3v) is 3.42. The molecule has 19 heavy (non-hydrogen) atoms. The molecule has 0 radical (unpaired) electrons. The van der Waals surface area contributed by atoms with Gasteiger partial charge >= 0.3 is 0 Å². The van der Waals surface area contributed by atoms with Crippen LogP contribution in [0.1, 0.15) is 28.3 Å². The number of hydrogen-bond acceptors (Lipinski definition) is 6. The van der Waals surface area contributed by atoms with Gasteiger partial charge in [-0.15, -0.1) is 10.2 Å². The molecule has 1 aromatic carbocycles. The summed E-state index contributed by atoms with van der Waals surface area (Å²) in [6, 6.07) is 6.69. The van der Waals surface area contributed by atoms with E-state index < -0.39 is 0 Å². The first kappa shape index (κ1) is 13.4. The average molecular weight is 278 g/mol. The molecule has 100 valence electrons. The Balaban J connectivity index is 2.11. The Labute approximate surface area is 114 Å². The zero-order valence-corrected chi connectivity index (χ0v) is 11.4. The minimum absolute atomic E-state index is 0.194. The number of benzene rings is 1. The van der Waals surface area contributed by atoms with E-state index in [1.807, 2.05) is 6.92 Å². The third kappa shape index (κ3) is 3.27. The molecule has 1 amide bonds. The van der Waals surface area contributed by atoms with Crippen molar-refractivity contribution in [1.82, 2.24) is 10.2 Å². The monoisotopic (exact) mass is 278 g/mol. The third-order valence-electron chi connectivity index (χ3n) is 2.38. The smallest absolute Gasteiger partial charge is 0.257 e. The van der Waals surface area contributed by atoms with Gasteiger partial charge in [0.2, 0.25) is 5.13 Å². The second-order valence-corrected chi connectivity index (χ2v) is 4.93. The average Bonchev–Trinajstić information content (AvgIpc) is 2.87. The van der Waals surface area contributed by atoms with Crippen molar-refractivity contribution >= 4 is 22.4 Å². The highest BCUT2D eigenvalue weighted by molar-refractivity contribution is 7.15. The summed E-state index contributed by atoms with van der Waals surface area (Å²) < 4.78 is 5.07. The van der Waals surface area contributed by atoms with Gasteiger partial charge in [-0.2, -0.15) is 0 Å². The van der Waals surface area contributed by atoms with Gasteiger partial charge in [0.05, 0.1) is 13.2 Å². The fourth-order valence-electron chi connectivity index (χ4n) is 1.40. The summed E-state index contributed by atoms with van der Waals surface area (Å²) >= 11 is 1.26. The molecule has 1 heterocycles. The molecular weight excluding hydrogens is 264 g/mol. The Kier molecular flexibility index (Phi) is 4.08. The van der Waals surface area contributed by atoms with Crippen LogP contribution >= 0.6 is 11.3 Å². The van der Waals surface area contributed by atoms with Crippen molar-refractivity contribution in [1.29, 1.82) is 0 Å². The zero-order valence-electron chi connectivity index (χ0n) is 10.6. The predicted octanol–water partition coefficient (Wildman–Crippen LogP) is 1.82. The van der Waals surface area contributed by atoms with E-state index in [0.29, 0.717) is 21.5 Å². The quantitative estimate of drug-likeness (QED) is 0.890. The predicted molar refractivity (Wildman–Crippen MR) is 73.5 cm³/mol. The van der Waals surface area contributed by atoms with Crippen LogP contribution in [0.4, 0.5) is 5.13 Å². The number of nitrogens with zero attached hydrogens (tertiary/aromatic N) is 2. The summed E-state index contributed by atoms with van der Waals surface area (Å²) in [5, 5.41) is 11.6. The van der Waals surface area contributed by atoms with Crippen LogP contribution in [0, 0.1) is 0 Å². The van der Waals surface area contributed by atoms with Crippen molar-refractivity contribution in [2.24, 2.45) is 5.73 Å². The highest BCUT2D eigenvalue weighted by atomic mass is 32.1. The van der Waals surface area contributed by atoms with Crippen LogP contribution in [0.15, 0.2) is 24.3 Å². The molecule has 0 aliphatic rings. The Morgan fingerprint density at radius 2 is 2.26 bits per heavy atom. The molecule has 1 aromatic heterocycles. The number of nitrogens with one attached hydrogen (secondary N) is 1. The van der Waals surface area contributed by atoms with Gasteiger partial charge in [0.1, 0.15) is 10.8 Å². The maximum absolute atomic E-state index is 12.0. The van der Waals surface area contributed by atoms with Gasteiger partial charge in [-0.05, 0) is 25.1 Å². The van der Waals surface area contributed by atoms with Gasteiger partial charge in [0, 0.05) is 5.56 Å². The number of nitrogens with two attached hydrogens (primary N) is 1. The Morgan fingerprint density at radius 3 is 2.89 bits per heavy atom. The molecule has 2 aromatic rings. The minimum Gasteiger partial charge on any atom is -0.497 e. The number of ether oxygens (including phenoxy) is 1. The lowest BCUT2D eigenvalue weighted by molar-refractivity contribution is 0.102. The topological polar surface area (TPSA) is 90.1 Å². The lowest BCUT2D eigenvalue weighted by atomic mass is 10.2. The van der Waals surface area contributed by atoms with Crippen LogP contribution in [0.5, 0.6) is 5.75 Å². The van der Waals surface area contributed by atoms with Crippen molar-refractivity contribution < 1.29 is 9.53 Å². The SMILES string of the molecule is COc1cccc(C(=O)Nc2nnc(C(C)N)s2)c1. The molecular formula is C12H14N4O2S. The molecule has 2 rings (SSSR count). The number of anilines is 1. The normalized spacial score (nSPS) is 11.9. The molecule has 0 spiro atoms. The molecule has 6 nitrogen and oxygen atoms in total. The van der Waals surface area contributed by atoms with Gasteiger partial charge < -0.3 is 10.5 Å². The van der Waals surface area contributed by atoms with E-state index in [4.69, 9.17) is 10.5 Å². The van der Waals surface area contributed by atoms with Crippen molar-refractivity contribution in [3.05, 3.63) is 34.8 Å². The second-order valence-electron chi connectivity index (χ2n) is 3.92. The van der Waals surface area contributed by atoms with E-state index in [2.05, 4.69) is 15.5 Å². The van der Waals surface area contributed by atoms with E-state index in [-0.39, 0.29) is 11.9 Å². The van der Waals surface area contributed by atoms with Crippen molar-refractivity contribution in [3.8, 4) is 5.75 Å². The molecule has 0 aliphatic heterocycles. The van der Waals surface area contributed by atoms with Crippen LogP contribution in [-0.2, 0) is 0 Å². The molecule has 0 aliphatic carbocycles. The largest absolute Gasteiger partial charge is 0.497 e. The van der Waals surface area contributed by atoms with Crippen LogP contribution in [0.3, 0.4) is 0 Å². The maximum Gasteiger partial charge on any atom is 0.257 e. The number of rotatable bonds is 4. The van der Waals surface area contributed by atoms with Crippen LogP contribution in [0.2, 0.25) is 0 Å². The fourth-order valence-corrected chi connectivity index (χ4v) is 2.09. The van der Waals surface area contributed by atoms with Gasteiger partial charge in [0.15, 0.2) is 0 Å². The fraction of sp³-hybridized carbons (Fsp3) is 0.250. The highest BCUT2D eigenvalue weighted by Crippen LogP contribution is 2.21. The number of aromatic nitrogens is 2. The van der Waals surface area contributed by atoms with Crippen LogP contribution in [-0.4, -0.2) is 23.2 Å². The van der Waals surface area contributed by atoms with E-state index in [9.17, 15) is 4.79 Å². The van der Waals surface area contributed by atoms with Gasteiger partial charge in [-0.1, -0.05) is 17.4 Å². The molecule has 0 bridgehead atoms. The Morgan fingerprint density at radius 1 is 1.47 bits per heavy atom. The molecule has 1 unspecified atom stereocenters. The molecule has 1 atom stereocenters. The summed E-state index contributed by atoms with van der Waals surface area (Å²) in [5.74, 6) is 0.368. The molecule has 7 heteroatoms. The first-order valence-electron chi connectivity index (χ1n) is 5.64. The zero-order chi connectivity index (χ0) is 13.8. The van der Waals surface area contributed by atoms with Crippen molar-refractivity contribution in [3.63, 3.8) is 0 Å². The summed E-state index contributed by atoms with van der Waals surface area (Å²) in [7, 11) is 1.55. The first-order valence-corrected chi connectivity index (χ1v) is 6.46. The lowest BCUT2D eigenvalue weighted by Crippen LogP contribution is -2.11. The summed E-state index contributed by atoms with van der Waals surface area (Å²) in [5.41, 5.74) is 6.18. The first-order chi connectivity index (χ1) is 9.10. The van der Waals surface area contributed by atoms with Gasteiger partial charge in [-0.25, -0.2) is 0 Å². The van der Waals surface area contributed by atoms with Crippen LogP contribution in [0.25, 0.3) is 0 Å². The summed E-state index contributed by atoms with van der Waals surface area (Å²) in [4.78, 5) is 12.0.